The lowest BCUT2D eigenvalue weighted by Crippen LogP contribution is -2.09. The SMILES string of the molecule is FC(F)(F)c1cccc(-n2ccnc2NC2CC2)c1. The summed E-state index contributed by atoms with van der Waals surface area (Å²) in [6.45, 7) is 0. The fraction of sp³-hybridized carbons (Fsp3) is 0.308. The van der Waals surface area contributed by atoms with E-state index in [9.17, 15) is 13.2 Å². The maximum atomic E-state index is 12.7. The van der Waals surface area contributed by atoms with E-state index in [0.29, 0.717) is 17.7 Å². The Balaban J connectivity index is 1.95. The van der Waals surface area contributed by atoms with Gasteiger partial charge in [0.25, 0.3) is 0 Å². The fourth-order valence-corrected chi connectivity index (χ4v) is 1.86. The lowest BCUT2D eigenvalue weighted by Gasteiger charge is -2.12. The van der Waals surface area contributed by atoms with Crippen molar-refractivity contribution in [3.63, 3.8) is 0 Å². The zero-order chi connectivity index (χ0) is 13.5. The molecule has 6 heteroatoms. The highest BCUT2D eigenvalue weighted by molar-refractivity contribution is 5.45. The van der Waals surface area contributed by atoms with Crippen LogP contribution in [0.15, 0.2) is 36.7 Å². The van der Waals surface area contributed by atoms with Crippen molar-refractivity contribution in [1.29, 1.82) is 0 Å². The molecule has 3 nitrogen and oxygen atoms in total. The van der Waals surface area contributed by atoms with Gasteiger partial charge in [0.15, 0.2) is 0 Å². The van der Waals surface area contributed by atoms with Crippen LogP contribution >= 0.6 is 0 Å². The number of aromatic nitrogens is 2. The summed E-state index contributed by atoms with van der Waals surface area (Å²) in [4.78, 5) is 4.14. The number of nitrogens with one attached hydrogen (secondary N) is 1. The second-order valence-corrected chi connectivity index (χ2v) is 4.59. The first kappa shape index (κ1) is 12.1. The van der Waals surface area contributed by atoms with Crippen molar-refractivity contribution in [2.45, 2.75) is 25.1 Å². The molecule has 0 saturated heterocycles. The zero-order valence-electron chi connectivity index (χ0n) is 9.98. The summed E-state index contributed by atoms with van der Waals surface area (Å²) >= 11 is 0. The van der Waals surface area contributed by atoms with Gasteiger partial charge in [0.2, 0.25) is 5.95 Å². The van der Waals surface area contributed by atoms with Gasteiger partial charge in [-0.2, -0.15) is 13.2 Å². The normalized spacial score (nSPS) is 15.5. The standard InChI is InChI=1S/C13H12F3N3/c14-13(15,16)9-2-1-3-11(8-9)19-7-6-17-12(19)18-10-4-5-10/h1-3,6-8,10H,4-5H2,(H,17,18). The van der Waals surface area contributed by atoms with Gasteiger partial charge in [0.1, 0.15) is 0 Å². The van der Waals surface area contributed by atoms with Gasteiger partial charge in [-0.05, 0) is 31.0 Å². The van der Waals surface area contributed by atoms with Crippen LogP contribution in [0.2, 0.25) is 0 Å². The Labute approximate surface area is 108 Å². The summed E-state index contributed by atoms with van der Waals surface area (Å²) in [7, 11) is 0. The quantitative estimate of drug-likeness (QED) is 0.922. The van der Waals surface area contributed by atoms with Gasteiger partial charge in [-0.1, -0.05) is 6.07 Å². The third-order valence-electron chi connectivity index (χ3n) is 3.00. The van der Waals surface area contributed by atoms with Gasteiger partial charge in [0.05, 0.1) is 5.56 Å². The number of benzene rings is 1. The van der Waals surface area contributed by atoms with Crippen molar-refractivity contribution < 1.29 is 13.2 Å². The first-order valence-corrected chi connectivity index (χ1v) is 6.01. The smallest absolute Gasteiger partial charge is 0.353 e. The molecule has 1 aliphatic rings. The van der Waals surface area contributed by atoms with Gasteiger partial charge >= 0.3 is 6.18 Å². The second-order valence-electron chi connectivity index (χ2n) is 4.59. The largest absolute Gasteiger partial charge is 0.416 e. The van der Waals surface area contributed by atoms with E-state index in [1.54, 1.807) is 23.0 Å². The summed E-state index contributed by atoms with van der Waals surface area (Å²) in [6, 6.07) is 5.62. The fourth-order valence-electron chi connectivity index (χ4n) is 1.86. The number of hydrogen-bond donors (Lipinski definition) is 1. The topological polar surface area (TPSA) is 29.9 Å². The summed E-state index contributed by atoms with van der Waals surface area (Å²) in [5.74, 6) is 0.585. The predicted molar refractivity (Wildman–Crippen MR) is 65.2 cm³/mol. The molecule has 0 unspecified atom stereocenters. The highest BCUT2D eigenvalue weighted by Gasteiger charge is 2.30. The Bertz CT molecular complexity index is 585. The minimum absolute atomic E-state index is 0.395. The Hall–Kier alpha value is -1.98. The molecule has 0 amide bonds. The molecule has 0 bridgehead atoms. The van der Waals surface area contributed by atoms with E-state index in [1.807, 2.05) is 0 Å². The number of hydrogen-bond acceptors (Lipinski definition) is 2. The average molecular weight is 267 g/mol. The molecule has 3 rings (SSSR count). The molecule has 1 aliphatic carbocycles. The number of rotatable bonds is 3. The van der Waals surface area contributed by atoms with Crippen molar-refractivity contribution in [3.05, 3.63) is 42.2 Å². The molecule has 0 atom stereocenters. The minimum atomic E-state index is -4.33. The van der Waals surface area contributed by atoms with Crippen molar-refractivity contribution >= 4 is 5.95 Å². The van der Waals surface area contributed by atoms with Gasteiger partial charge < -0.3 is 5.32 Å². The molecule has 0 aliphatic heterocycles. The predicted octanol–water partition coefficient (Wildman–Crippen LogP) is 3.47. The van der Waals surface area contributed by atoms with E-state index in [0.717, 1.165) is 25.0 Å². The molecule has 1 N–H and O–H groups in total. The van der Waals surface area contributed by atoms with Crippen molar-refractivity contribution in [3.8, 4) is 5.69 Å². The lowest BCUT2D eigenvalue weighted by atomic mass is 10.2. The number of halogens is 3. The molecule has 0 spiro atoms. The van der Waals surface area contributed by atoms with E-state index < -0.39 is 11.7 Å². The molecule has 1 aromatic carbocycles. The second kappa shape index (κ2) is 4.29. The summed E-state index contributed by atoms with van der Waals surface area (Å²) < 4.78 is 39.7. The average Bonchev–Trinajstić information content (AvgIpc) is 3.05. The van der Waals surface area contributed by atoms with Crippen LogP contribution in [-0.2, 0) is 6.18 Å². The van der Waals surface area contributed by atoms with Crippen LogP contribution in [0.3, 0.4) is 0 Å². The van der Waals surface area contributed by atoms with E-state index in [4.69, 9.17) is 0 Å². The molecular formula is C13H12F3N3. The molecule has 1 heterocycles. The first-order chi connectivity index (χ1) is 9.04. The molecular weight excluding hydrogens is 255 g/mol. The highest BCUT2D eigenvalue weighted by Crippen LogP contribution is 2.31. The van der Waals surface area contributed by atoms with Crippen LogP contribution in [0.25, 0.3) is 5.69 Å². The number of anilines is 1. The monoisotopic (exact) mass is 267 g/mol. The van der Waals surface area contributed by atoms with Crippen LogP contribution in [0, 0.1) is 0 Å². The van der Waals surface area contributed by atoms with Crippen molar-refractivity contribution in [2.75, 3.05) is 5.32 Å². The van der Waals surface area contributed by atoms with Crippen LogP contribution < -0.4 is 5.32 Å². The van der Waals surface area contributed by atoms with Gasteiger partial charge in [-0.15, -0.1) is 0 Å². The first-order valence-electron chi connectivity index (χ1n) is 6.01. The zero-order valence-corrected chi connectivity index (χ0v) is 9.98. The molecule has 19 heavy (non-hydrogen) atoms. The lowest BCUT2D eigenvalue weighted by molar-refractivity contribution is -0.137. The highest BCUT2D eigenvalue weighted by atomic mass is 19.4. The van der Waals surface area contributed by atoms with E-state index in [2.05, 4.69) is 10.3 Å². The minimum Gasteiger partial charge on any atom is -0.353 e. The van der Waals surface area contributed by atoms with Crippen LogP contribution in [0.5, 0.6) is 0 Å². The van der Waals surface area contributed by atoms with E-state index in [-0.39, 0.29) is 0 Å². The van der Waals surface area contributed by atoms with Gasteiger partial charge in [0, 0.05) is 24.1 Å². The summed E-state index contributed by atoms with van der Waals surface area (Å²) in [6.07, 6.45) is 1.05. The maximum absolute atomic E-state index is 12.7. The maximum Gasteiger partial charge on any atom is 0.416 e. The summed E-state index contributed by atoms with van der Waals surface area (Å²) in [5, 5.41) is 3.19. The van der Waals surface area contributed by atoms with Crippen LogP contribution in [-0.4, -0.2) is 15.6 Å². The Kier molecular flexibility index (Phi) is 2.73. The van der Waals surface area contributed by atoms with Crippen LogP contribution in [0.1, 0.15) is 18.4 Å². The Morgan fingerprint density at radius 3 is 2.74 bits per heavy atom. The van der Waals surface area contributed by atoms with Gasteiger partial charge in [-0.3, -0.25) is 4.57 Å². The van der Waals surface area contributed by atoms with Crippen molar-refractivity contribution in [2.24, 2.45) is 0 Å². The molecule has 1 fully saturated rings. The third-order valence-corrected chi connectivity index (χ3v) is 3.00. The molecule has 1 aromatic heterocycles. The number of nitrogens with zero attached hydrogens (tertiary/aromatic N) is 2. The molecule has 100 valence electrons. The molecule has 2 aromatic rings. The van der Waals surface area contributed by atoms with Crippen molar-refractivity contribution in [1.82, 2.24) is 9.55 Å². The summed E-state index contributed by atoms with van der Waals surface area (Å²) in [5.41, 5.74) is -0.202. The Morgan fingerprint density at radius 2 is 2.05 bits per heavy atom. The van der Waals surface area contributed by atoms with Gasteiger partial charge in [-0.25, -0.2) is 4.98 Å². The Morgan fingerprint density at radius 1 is 1.26 bits per heavy atom. The van der Waals surface area contributed by atoms with E-state index in [1.165, 1.54) is 6.07 Å². The van der Waals surface area contributed by atoms with Crippen LogP contribution in [0.4, 0.5) is 19.1 Å². The third kappa shape index (κ3) is 2.57. The van der Waals surface area contributed by atoms with E-state index >= 15 is 0 Å². The number of imidazole rings is 1. The molecule has 0 radical (unpaired) electrons. The number of alkyl halides is 3. The molecule has 1 saturated carbocycles.